The average Bonchev–Trinajstić information content (AvgIpc) is 2.96. The molecule has 5 heteroatoms. The molecule has 2 aromatic rings. The van der Waals surface area contributed by atoms with Gasteiger partial charge in [0.05, 0.1) is 32.4 Å². The van der Waals surface area contributed by atoms with Crippen LogP contribution in [-0.2, 0) is 16.0 Å². The van der Waals surface area contributed by atoms with Crippen molar-refractivity contribution in [1.29, 1.82) is 0 Å². The lowest BCUT2D eigenvalue weighted by Crippen LogP contribution is -2.27. The maximum absolute atomic E-state index is 12.2. The minimum absolute atomic E-state index is 0.0423. The first-order chi connectivity index (χ1) is 9.69. The van der Waals surface area contributed by atoms with Gasteiger partial charge >= 0.3 is 0 Å². The first-order valence-corrected chi connectivity index (χ1v) is 6.60. The van der Waals surface area contributed by atoms with Gasteiger partial charge in [0, 0.05) is 11.5 Å². The molecular weight excluding hydrogens is 258 g/mol. The number of aryl methyl sites for hydroxylation is 1. The molecular formula is C15H17NO4. The van der Waals surface area contributed by atoms with Crippen LogP contribution in [0.3, 0.4) is 0 Å². The van der Waals surface area contributed by atoms with E-state index in [1.54, 1.807) is 17.7 Å². The van der Waals surface area contributed by atoms with Crippen LogP contribution in [0, 0.1) is 6.92 Å². The molecule has 20 heavy (non-hydrogen) atoms. The summed E-state index contributed by atoms with van der Waals surface area (Å²) in [6.07, 6.45) is -0.347. The summed E-state index contributed by atoms with van der Waals surface area (Å²) in [7, 11) is 1.63. The van der Waals surface area contributed by atoms with Gasteiger partial charge in [0.1, 0.15) is 5.75 Å². The van der Waals surface area contributed by atoms with Gasteiger partial charge in [0.25, 0.3) is 5.56 Å². The summed E-state index contributed by atoms with van der Waals surface area (Å²) in [6, 6.07) is 7.33. The third-order valence-corrected chi connectivity index (χ3v) is 3.55. The second kappa shape index (κ2) is 5.26. The van der Waals surface area contributed by atoms with E-state index in [9.17, 15) is 4.79 Å². The van der Waals surface area contributed by atoms with Gasteiger partial charge < -0.3 is 18.8 Å². The standard InChI is InChI=1S/C15H17NO4/c1-10-7-14(17)16(9-15-19-5-6-20-15)13-4-3-11(18-2)8-12(10)13/h3-4,7-8,15H,5-6,9H2,1-2H3. The third kappa shape index (κ3) is 2.30. The fraction of sp³-hybridized carbons (Fsp3) is 0.400. The van der Waals surface area contributed by atoms with E-state index < -0.39 is 0 Å². The van der Waals surface area contributed by atoms with E-state index in [1.807, 2.05) is 25.1 Å². The Morgan fingerprint density at radius 3 is 2.75 bits per heavy atom. The second-order valence-corrected chi connectivity index (χ2v) is 4.83. The quantitative estimate of drug-likeness (QED) is 0.855. The predicted octanol–water partition coefficient (Wildman–Crippen LogP) is 1.69. The van der Waals surface area contributed by atoms with E-state index in [-0.39, 0.29) is 11.8 Å². The van der Waals surface area contributed by atoms with Crippen LogP contribution in [0.25, 0.3) is 10.9 Å². The molecule has 1 aromatic heterocycles. The Morgan fingerprint density at radius 2 is 2.05 bits per heavy atom. The minimum Gasteiger partial charge on any atom is -0.497 e. The first kappa shape index (κ1) is 13.1. The van der Waals surface area contributed by atoms with Crippen LogP contribution in [0.5, 0.6) is 5.75 Å². The highest BCUT2D eigenvalue weighted by molar-refractivity contribution is 5.83. The van der Waals surface area contributed by atoms with Gasteiger partial charge in [-0.2, -0.15) is 0 Å². The number of nitrogens with zero attached hydrogens (tertiary/aromatic N) is 1. The molecule has 0 bridgehead atoms. The maximum atomic E-state index is 12.2. The van der Waals surface area contributed by atoms with Gasteiger partial charge in [-0.1, -0.05) is 0 Å². The molecule has 0 N–H and O–H groups in total. The zero-order chi connectivity index (χ0) is 14.1. The Balaban J connectivity index is 2.12. The smallest absolute Gasteiger partial charge is 0.251 e. The van der Waals surface area contributed by atoms with Crippen LogP contribution in [0.1, 0.15) is 5.56 Å². The summed E-state index contributed by atoms with van der Waals surface area (Å²) >= 11 is 0. The highest BCUT2D eigenvalue weighted by atomic mass is 16.7. The minimum atomic E-state index is -0.347. The van der Waals surface area contributed by atoms with Crippen molar-refractivity contribution < 1.29 is 14.2 Å². The van der Waals surface area contributed by atoms with E-state index in [4.69, 9.17) is 14.2 Å². The Labute approximate surface area is 116 Å². The highest BCUT2D eigenvalue weighted by Gasteiger charge is 2.18. The van der Waals surface area contributed by atoms with E-state index in [0.29, 0.717) is 19.8 Å². The molecule has 5 nitrogen and oxygen atoms in total. The lowest BCUT2D eigenvalue weighted by molar-refractivity contribution is -0.0522. The van der Waals surface area contributed by atoms with Gasteiger partial charge in [-0.3, -0.25) is 4.79 Å². The van der Waals surface area contributed by atoms with Crippen LogP contribution < -0.4 is 10.3 Å². The molecule has 1 aliphatic rings. The SMILES string of the molecule is COc1ccc2c(c1)c(C)cc(=O)n2CC1OCCO1. The van der Waals surface area contributed by atoms with Gasteiger partial charge in [-0.25, -0.2) is 0 Å². The molecule has 1 fully saturated rings. The first-order valence-electron chi connectivity index (χ1n) is 6.60. The van der Waals surface area contributed by atoms with Crippen LogP contribution in [-0.4, -0.2) is 31.2 Å². The van der Waals surface area contributed by atoms with Crippen LogP contribution in [0.4, 0.5) is 0 Å². The molecule has 1 saturated heterocycles. The molecule has 0 atom stereocenters. The van der Waals surface area contributed by atoms with E-state index in [0.717, 1.165) is 22.2 Å². The highest BCUT2D eigenvalue weighted by Crippen LogP contribution is 2.23. The number of pyridine rings is 1. The summed E-state index contributed by atoms with van der Waals surface area (Å²) in [5, 5.41) is 1.00. The lowest BCUT2D eigenvalue weighted by atomic mass is 10.1. The van der Waals surface area contributed by atoms with Crippen molar-refractivity contribution in [2.24, 2.45) is 0 Å². The van der Waals surface area contributed by atoms with Crippen molar-refractivity contribution in [2.75, 3.05) is 20.3 Å². The molecule has 0 aliphatic carbocycles. The van der Waals surface area contributed by atoms with E-state index >= 15 is 0 Å². The number of benzene rings is 1. The van der Waals surface area contributed by atoms with Crippen molar-refractivity contribution >= 4 is 10.9 Å². The number of hydrogen-bond acceptors (Lipinski definition) is 4. The average molecular weight is 275 g/mol. The molecule has 3 rings (SSSR count). The molecule has 1 aromatic carbocycles. The van der Waals surface area contributed by atoms with Crippen molar-refractivity contribution in [3.8, 4) is 5.75 Å². The largest absolute Gasteiger partial charge is 0.497 e. The Kier molecular flexibility index (Phi) is 3.46. The molecule has 0 unspecified atom stereocenters. The predicted molar refractivity (Wildman–Crippen MR) is 75.2 cm³/mol. The summed E-state index contributed by atoms with van der Waals surface area (Å²) in [6.45, 7) is 3.49. The number of hydrogen-bond donors (Lipinski definition) is 0. The molecule has 2 heterocycles. The molecule has 0 spiro atoms. The molecule has 1 aliphatic heterocycles. The van der Waals surface area contributed by atoms with E-state index in [1.165, 1.54) is 0 Å². The lowest BCUT2D eigenvalue weighted by Gasteiger charge is -2.15. The Hall–Kier alpha value is -1.85. The monoisotopic (exact) mass is 275 g/mol. The summed E-state index contributed by atoms with van der Waals surface area (Å²) in [5.74, 6) is 0.777. The van der Waals surface area contributed by atoms with Crippen LogP contribution in [0.2, 0.25) is 0 Å². The fourth-order valence-electron chi connectivity index (χ4n) is 2.50. The number of methoxy groups -OCH3 is 1. The molecule has 0 amide bonds. The zero-order valence-corrected chi connectivity index (χ0v) is 11.6. The van der Waals surface area contributed by atoms with Crippen molar-refractivity contribution in [3.63, 3.8) is 0 Å². The zero-order valence-electron chi connectivity index (χ0n) is 11.6. The van der Waals surface area contributed by atoms with Gasteiger partial charge in [-0.05, 0) is 30.7 Å². The number of aromatic nitrogens is 1. The van der Waals surface area contributed by atoms with Crippen molar-refractivity contribution in [1.82, 2.24) is 4.57 Å². The second-order valence-electron chi connectivity index (χ2n) is 4.83. The van der Waals surface area contributed by atoms with Gasteiger partial charge in [0.15, 0.2) is 6.29 Å². The summed E-state index contributed by atoms with van der Waals surface area (Å²) < 4.78 is 17.8. The Morgan fingerprint density at radius 1 is 1.30 bits per heavy atom. The van der Waals surface area contributed by atoms with Gasteiger partial charge in [0.2, 0.25) is 0 Å². The summed E-state index contributed by atoms with van der Waals surface area (Å²) in [4.78, 5) is 12.2. The molecule has 0 radical (unpaired) electrons. The normalized spacial score (nSPS) is 15.9. The third-order valence-electron chi connectivity index (χ3n) is 3.55. The summed E-state index contributed by atoms with van der Waals surface area (Å²) in [5.41, 5.74) is 1.77. The fourth-order valence-corrected chi connectivity index (χ4v) is 2.50. The van der Waals surface area contributed by atoms with E-state index in [2.05, 4.69) is 0 Å². The molecule has 0 saturated carbocycles. The van der Waals surface area contributed by atoms with Crippen molar-refractivity contribution in [2.45, 2.75) is 19.8 Å². The van der Waals surface area contributed by atoms with Gasteiger partial charge in [-0.15, -0.1) is 0 Å². The topological polar surface area (TPSA) is 49.7 Å². The maximum Gasteiger partial charge on any atom is 0.251 e. The number of fused-ring (bicyclic) bond motifs is 1. The number of ether oxygens (including phenoxy) is 3. The Bertz CT molecular complexity index is 686. The number of rotatable bonds is 3. The van der Waals surface area contributed by atoms with Crippen LogP contribution in [0.15, 0.2) is 29.1 Å². The molecule has 106 valence electrons. The van der Waals surface area contributed by atoms with Crippen LogP contribution >= 0.6 is 0 Å². The van der Waals surface area contributed by atoms with Crippen molar-refractivity contribution in [3.05, 3.63) is 40.2 Å².